The number of unbranched alkanes of at least 4 members (excludes halogenated alkanes) is 1. The molecule has 0 heterocycles. The normalized spacial score (nSPS) is 15.5. The number of rotatable bonds is 10. The van der Waals surface area contributed by atoms with E-state index in [9.17, 15) is 4.79 Å². The third-order valence-electron chi connectivity index (χ3n) is 4.47. The molecule has 0 atom stereocenters. The Kier molecular flexibility index (Phi) is 15.1. The van der Waals surface area contributed by atoms with Crippen LogP contribution in [-0.2, 0) is 9.53 Å². The Labute approximate surface area is 176 Å². The van der Waals surface area contributed by atoms with E-state index >= 15 is 0 Å². The molecule has 1 saturated carbocycles. The lowest BCUT2D eigenvalue weighted by atomic mass is 9.89. The van der Waals surface area contributed by atoms with Crippen molar-refractivity contribution in [2.45, 2.75) is 64.9 Å². The predicted molar refractivity (Wildman–Crippen MR) is 119 cm³/mol. The summed E-state index contributed by atoms with van der Waals surface area (Å²) in [5.41, 5.74) is 0. The van der Waals surface area contributed by atoms with E-state index in [1.165, 1.54) is 32.1 Å². The Balaban J connectivity index is 0.00000625. The maximum Gasteiger partial charge on any atom is 0.243 e. The minimum absolute atomic E-state index is 0. The Hall–Kier alpha value is -0.570. The van der Waals surface area contributed by atoms with Gasteiger partial charge in [0.2, 0.25) is 5.91 Å². The van der Waals surface area contributed by atoms with Gasteiger partial charge in [0.05, 0.1) is 6.10 Å². The zero-order valence-electron chi connectivity index (χ0n) is 17.1. The van der Waals surface area contributed by atoms with Gasteiger partial charge >= 0.3 is 0 Å². The van der Waals surface area contributed by atoms with Gasteiger partial charge < -0.3 is 20.3 Å². The molecule has 1 amide bonds. The summed E-state index contributed by atoms with van der Waals surface area (Å²) in [7, 11) is 3.52. The Morgan fingerprint density at radius 1 is 1.15 bits per heavy atom. The van der Waals surface area contributed by atoms with Crippen LogP contribution in [0, 0.1) is 5.92 Å². The first-order valence-electron chi connectivity index (χ1n) is 9.83. The number of ether oxygens (including phenoxy) is 1. The molecule has 7 heteroatoms. The maximum absolute atomic E-state index is 11.8. The van der Waals surface area contributed by atoms with Crippen LogP contribution in [0.4, 0.5) is 0 Å². The molecule has 6 nitrogen and oxygen atoms in total. The van der Waals surface area contributed by atoms with Crippen LogP contribution in [0.5, 0.6) is 0 Å². The minimum atomic E-state index is 0. The highest BCUT2D eigenvalue weighted by Gasteiger charge is 2.14. The number of hydrogen-bond donors (Lipinski definition) is 2. The minimum Gasteiger partial charge on any atom is -0.379 e. The average molecular weight is 482 g/mol. The molecule has 1 rings (SSSR count). The highest BCUT2D eigenvalue weighted by Crippen LogP contribution is 2.22. The number of carbonyl (C=O) groups excluding carboxylic acids is 1. The summed E-state index contributed by atoms with van der Waals surface area (Å²) >= 11 is 0. The summed E-state index contributed by atoms with van der Waals surface area (Å²) < 4.78 is 5.56. The van der Waals surface area contributed by atoms with Crippen molar-refractivity contribution in [2.75, 3.05) is 40.3 Å². The van der Waals surface area contributed by atoms with Crippen molar-refractivity contribution >= 4 is 35.8 Å². The van der Waals surface area contributed by atoms with Gasteiger partial charge in [-0.1, -0.05) is 19.3 Å². The third-order valence-corrected chi connectivity index (χ3v) is 4.47. The smallest absolute Gasteiger partial charge is 0.243 e. The van der Waals surface area contributed by atoms with E-state index in [4.69, 9.17) is 4.74 Å². The standard InChI is InChI=1S/C19H38N4O2.HI/c1-16(2)25-13-9-8-12-20-19(22-15-18(24)23(3)4)21-14-17-10-6-5-7-11-17;/h16-17H,5-15H2,1-4H3,(H2,20,21,22);1H. The SMILES string of the molecule is CC(C)OCCCCNC(=NCC(=O)N(C)C)NCC1CCCCC1.I. The topological polar surface area (TPSA) is 66.0 Å². The van der Waals surface area contributed by atoms with Crippen LogP contribution in [0.3, 0.4) is 0 Å². The highest BCUT2D eigenvalue weighted by molar-refractivity contribution is 14.0. The molecular weight excluding hydrogens is 443 g/mol. The van der Waals surface area contributed by atoms with Gasteiger partial charge in [0.25, 0.3) is 0 Å². The van der Waals surface area contributed by atoms with E-state index in [0.717, 1.165) is 44.4 Å². The number of nitrogens with zero attached hydrogens (tertiary/aromatic N) is 2. The first kappa shape index (κ1) is 25.4. The van der Waals surface area contributed by atoms with E-state index in [1.807, 2.05) is 0 Å². The molecule has 0 saturated heterocycles. The summed E-state index contributed by atoms with van der Waals surface area (Å²) in [5.74, 6) is 1.50. The van der Waals surface area contributed by atoms with Gasteiger partial charge in [0.15, 0.2) is 5.96 Å². The summed E-state index contributed by atoms with van der Waals surface area (Å²) in [6, 6.07) is 0. The molecule has 1 aliphatic carbocycles. The summed E-state index contributed by atoms with van der Waals surface area (Å²) in [6.07, 6.45) is 8.97. The zero-order valence-corrected chi connectivity index (χ0v) is 19.4. The van der Waals surface area contributed by atoms with Crippen molar-refractivity contribution in [2.24, 2.45) is 10.9 Å². The lowest BCUT2D eigenvalue weighted by Gasteiger charge is -2.23. The number of halogens is 1. The van der Waals surface area contributed by atoms with E-state index < -0.39 is 0 Å². The molecule has 154 valence electrons. The number of hydrogen-bond acceptors (Lipinski definition) is 3. The summed E-state index contributed by atoms with van der Waals surface area (Å²) in [6.45, 7) is 6.87. The molecule has 26 heavy (non-hydrogen) atoms. The molecule has 0 aromatic heterocycles. The van der Waals surface area contributed by atoms with Crippen LogP contribution < -0.4 is 10.6 Å². The number of likely N-dealkylation sites (N-methyl/N-ethyl adjacent to an activating group) is 1. The molecule has 0 spiro atoms. The molecule has 0 aliphatic heterocycles. The molecule has 1 fully saturated rings. The van der Waals surface area contributed by atoms with Gasteiger partial charge in [-0.15, -0.1) is 24.0 Å². The number of guanidine groups is 1. The summed E-state index contributed by atoms with van der Waals surface area (Å²) in [4.78, 5) is 17.8. The van der Waals surface area contributed by atoms with Crippen LogP contribution >= 0.6 is 24.0 Å². The predicted octanol–water partition coefficient (Wildman–Crippen LogP) is 3.01. The van der Waals surface area contributed by atoms with E-state index in [1.54, 1.807) is 19.0 Å². The van der Waals surface area contributed by atoms with Crippen LogP contribution in [0.2, 0.25) is 0 Å². The Bertz CT molecular complexity index is 397. The fourth-order valence-electron chi connectivity index (χ4n) is 2.85. The Morgan fingerprint density at radius 3 is 2.46 bits per heavy atom. The lowest BCUT2D eigenvalue weighted by Crippen LogP contribution is -2.41. The van der Waals surface area contributed by atoms with E-state index in [-0.39, 0.29) is 36.4 Å². The van der Waals surface area contributed by atoms with Gasteiger partial charge in [-0.05, 0) is 45.4 Å². The monoisotopic (exact) mass is 482 g/mol. The van der Waals surface area contributed by atoms with E-state index in [0.29, 0.717) is 6.10 Å². The van der Waals surface area contributed by atoms with Crippen LogP contribution in [0.1, 0.15) is 58.8 Å². The second kappa shape index (κ2) is 15.5. The van der Waals surface area contributed by atoms with Gasteiger partial charge in [-0.2, -0.15) is 0 Å². The van der Waals surface area contributed by atoms with Gasteiger partial charge in [-0.3, -0.25) is 4.79 Å². The van der Waals surface area contributed by atoms with Crippen LogP contribution in [-0.4, -0.2) is 63.2 Å². The van der Waals surface area contributed by atoms with Crippen LogP contribution in [0.25, 0.3) is 0 Å². The molecule has 0 radical (unpaired) electrons. The first-order valence-corrected chi connectivity index (χ1v) is 9.83. The molecule has 0 unspecified atom stereocenters. The fraction of sp³-hybridized carbons (Fsp3) is 0.895. The highest BCUT2D eigenvalue weighted by atomic mass is 127. The first-order chi connectivity index (χ1) is 12.0. The molecule has 0 bridgehead atoms. The molecular formula is C19H39IN4O2. The van der Waals surface area contributed by atoms with Gasteiger partial charge in [0, 0.05) is 33.8 Å². The number of aliphatic imine (C=N–C) groups is 1. The van der Waals surface area contributed by atoms with E-state index in [2.05, 4.69) is 29.5 Å². The van der Waals surface area contributed by atoms with Crippen molar-refractivity contribution in [3.05, 3.63) is 0 Å². The lowest BCUT2D eigenvalue weighted by molar-refractivity contribution is -0.127. The number of nitrogens with one attached hydrogen (secondary N) is 2. The molecule has 2 N–H and O–H groups in total. The molecule has 0 aromatic rings. The molecule has 0 aromatic carbocycles. The largest absolute Gasteiger partial charge is 0.379 e. The summed E-state index contributed by atoms with van der Waals surface area (Å²) in [5, 5.41) is 6.78. The van der Waals surface area contributed by atoms with Crippen molar-refractivity contribution in [3.8, 4) is 0 Å². The fourth-order valence-corrected chi connectivity index (χ4v) is 2.85. The van der Waals surface area contributed by atoms with Crippen LogP contribution in [0.15, 0.2) is 4.99 Å². The quantitative estimate of drug-likeness (QED) is 0.218. The van der Waals surface area contributed by atoms with Gasteiger partial charge in [-0.25, -0.2) is 4.99 Å². The Morgan fingerprint density at radius 2 is 1.85 bits per heavy atom. The van der Waals surface area contributed by atoms with Crippen molar-refractivity contribution in [1.82, 2.24) is 15.5 Å². The maximum atomic E-state index is 11.8. The second-order valence-corrected chi connectivity index (χ2v) is 7.39. The van der Waals surface area contributed by atoms with Crippen molar-refractivity contribution in [3.63, 3.8) is 0 Å². The zero-order chi connectivity index (χ0) is 18.5. The average Bonchev–Trinajstić information content (AvgIpc) is 2.59. The van der Waals surface area contributed by atoms with Crippen molar-refractivity contribution < 1.29 is 9.53 Å². The molecule has 1 aliphatic rings. The third kappa shape index (κ3) is 12.7. The number of carbonyl (C=O) groups is 1. The number of amides is 1. The van der Waals surface area contributed by atoms with Crippen molar-refractivity contribution in [1.29, 1.82) is 0 Å². The second-order valence-electron chi connectivity index (χ2n) is 7.39. The van der Waals surface area contributed by atoms with Gasteiger partial charge in [0.1, 0.15) is 6.54 Å².